The number of hydrogen-bond donors (Lipinski definition) is 2. The van der Waals surface area contributed by atoms with Crippen LogP contribution in [-0.2, 0) is 0 Å². The quantitative estimate of drug-likeness (QED) is 0.641. The molecule has 0 aliphatic heterocycles. The van der Waals surface area contributed by atoms with Gasteiger partial charge in [0.05, 0.1) is 23.0 Å². The first-order chi connectivity index (χ1) is 7.75. The predicted octanol–water partition coefficient (Wildman–Crippen LogP) is 1.50. The van der Waals surface area contributed by atoms with Gasteiger partial charge in [-0.25, -0.2) is 9.97 Å². The predicted molar refractivity (Wildman–Crippen MR) is 58.5 cm³/mol. The molecule has 0 bridgehead atoms. The molecule has 0 aliphatic rings. The fraction of sp³-hybridized carbons (Fsp3) is 0.100. The lowest BCUT2D eigenvalue weighted by Gasteiger charge is -1.95. The number of nitrogen functional groups attached to an aromatic ring is 1. The molecule has 0 fully saturated rings. The first-order valence-electron chi connectivity index (χ1n) is 4.76. The number of fused-ring (bicyclic) bond motifs is 1. The highest BCUT2D eigenvalue weighted by Crippen LogP contribution is 2.28. The fourth-order valence-electron chi connectivity index (χ4n) is 1.63. The summed E-state index contributed by atoms with van der Waals surface area (Å²) in [4.78, 5) is 8.15. The molecule has 0 atom stereocenters. The van der Waals surface area contributed by atoms with E-state index in [-0.39, 0.29) is 0 Å². The smallest absolute Gasteiger partial charge is 0.181 e. The third-order valence-electron chi connectivity index (χ3n) is 2.40. The molecule has 6 heteroatoms. The fourth-order valence-corrected chi connectivity index (χ4v) is 1.63. The summed E-state index contributed by atoms with van der Waals surface area (Å²) in [6.07, 6.45) is 2.97. The van der Waals surface area contributed by atoms with Crippen LogP contribution in [0.5, 0.6) is 0 Å². The number of rotatable bonds is 1. The summed E-state index contributed by atoms with van der Waals surface area (Å²) in [5, 5.41) is 7.79. The molecule has 3 rings (SSSR count). The van der Waals surface area contributed by atoms with E-state index in [0.29, 0.717) is 17.1 Å². The van der Waals surface area contributed by atoms with Crippen LogP contribution in [0, 0.1) is 6.92 Å². The maximum absolute atomic E-state index is 5.69. The standard InChI is InChI=1S/C10H9N5O/c1-5-9(16-4-13-5)8-7-2-6(11)3-12-10(7)15-14-8/h2-4H,11H2,1H3,(H,12,14,15). The van der Waals surface area contributed by atoms with Crippen molar-refractivity contribution in [1.82, 2.24) is 20.2 Å². The van der Waals surface area contributed by atoms with Gasteiger partial charge in [0.1, 0.15) is 5.69 Å². The molecule has 0 spiro atoms. The SMILES string of the molecule is Cc1ncoc1-c1[nH]nc2ncc(N)cc12. The van der Waals surface area contributed by atoms with Crippen molar-refractivity contribution in [2.45, 2.75) is 6.92 Å². The number of anilines is 1. The summed E-state index contributed by atoms with van der Waals surface area (Å²) in [5.74, 6) is 0.662. The molecular formula is C10H9N5O. The second-order valence-electron chi connectivity index (χ2n) is 3.51. The maximum atomic E-state index is 5.69. The molecule has 0 radical (unpaired) electrons. The molecule has 6 nitrogen and oxygen atoms in total. The number of pyridine rings is 1. The summed E-state index contributed by atoms with van der Waals surface area (Å²) in [7, 11) is 0. The van der Waals surface area contributed by atoms with Crippen LogP contribution < -0.4 is 5.73 Å². The van der Waals surface area contributed by atoms with Crippen molar-refractivity contribution >= 4 is 16.7 Å². The summed E-state index contributed by atoms with van der Waals surface area (Å²) in [6.45, 7) is 1.87. The lowest BCUT2D eigenvalue weighted by atomic mass is 10.2. The van der Waals surface area contributed by atoms with Crippen molar-refractivity contribution < 1.29 is 4.42 Å². The Morgan fingerprint density at radius 2 is 2.25 bits per heavy atom. The Bertz CT molecular complexity index is 654. The maximum Gasteiger partial charge on any atom is 0.181 e. The first kappa shape index (κ1) is 8.90. The number of oxazole rings is 1. The molecule has 0 amide bonds. The molecule has 0 saturated carbocycles. The van der Waals surface area contributed by atoms with Crippen molar-refractivity contribution in [1.29, 1.82) is 0 Å². The highest BCUT2D eigenvalue weighted by atomic mass is 16.3. The monoisotopic (exact) mass is 215 g/mol. The summed E-state index contributed by atoms with van der Waals surface area (Å²) >= 11 is 0. The minimum absolute atomic E-state index is 0.590. The van der Waals surface area contributed by atoms with E-state index >= 15 is 0 Å². The molecule has 3 aromatic rings. The minimum atomic E-state index is 0.590. The van der Waals surface area contributed by atoms with Gasteiger partial charge in [0.25, 0.3) is 0 Å². The highest BCUT2D eigenvalue weighted by molar-refractivity contribution is 5.91. The Labute approximate surface area is 90.5 Å². The average molecular weight is 215 g/mol. The molecule has 80 valence electrons. The van der Waals surface area contributed by atoms with Gasteiger partial charge in [-0.1, -0.05) is 0 Å². The zero-order chi connectivity index (χ0) is 11.1. The van der Waals surface area contributed by atoms with Gasteiger partial charge >= 0.3 is 0 Å². The molecule has 3 N–H and O–H groups in total. The second kappa shape index (κ2) is 3.06. The lowest BCUT2D eigenvalue weighted by Crippen LogP contribution is -1.86. The third-order valence-corrected chi connectivity index (χ3v) is 2.40. The van der Waals surface area contributed by atoms with Gasteiger partial charge in [0.15, 0.2) is 17.8 Å². The van der Waals surface area contributed by atoms with Crippen LogP contribution in [0.2, 0.25) is 0 Å². The number of aromatic nitrogens is 4. The number of nitrogens with zero attached hydrogens (tertiary/aromatic N) is 3. The van der Waals surface area contributed by atoms with Crippen LogP contribution in [-0.4, -0.2) is 20.2 Å². The minimum Gasteiger partial charge on any atom is -0.442 e. The van der Waals surface area contributed by atoms with E-state index in [1.165, 1.54) is 6.39 Å². The van der Waals surface area contributed by atoms with Crippen molar-refractivity contribution in [3.8, 4) is 11.5 Å². The largest absolute Gasteiger partial charge is 0.442 e. The number of aryl methyl sites for hydroxylation is 1. The van der Waals surface area contributed by atoms with Crippen molar-refractivity contribution in [3.05, 3.63) is 24.4 Å². The molecule has 16 heavy (non-hydrogen) atoms. The van der Waals surface area contributed by atoms with Crippen LogP contribution in [0.1, 0.15) is 5.69 Å². The topological polar surface area (TPSA) is 93.6 Å². The van der Waals surface area contributed by atoms with Gasteiger partial charge in [-0.2, -0.15) is 5.10 Å². The Balaban J connectivity index is 2.32. The summed E-state index contributed by atoms with van der Waals surface area (Å²) in [6, 6.07) is 1.81. The van der Waals surface area contributed by atoms with E-state index in [4.69, 9.17) is 10.2 Å². The molecular weight excluding hydrogens is 206 g/mol. The third kappa shape index (κ3) is 1.16. The Morgan fingerprint density at radius 3 is 3.00 bits per heavy atom. The number of nitrogens with two attached hydrogens (primary N) is 1. The van der Waals surface area contributed by atoms with Crippen LogP contribution in [0.15, 0.2) is 23.1 Å². The van der Waals surface area contributed by atoms with E-state index in [0.717, 1.165) is 16.8 Å². The normalized spacial score (nSPS) is 11.1. The van der Waals surface area contributed by atoms with Gasteiger partial charge in [-0.15, -0.1) is 0 Å². The average Bonchev–Trinajstić information content (AvgIpc) is 2.83. The van der Waals surface area contributed by atoms with E-state index < -0.39 is 0 Å². The lowest BCUT2D eigenvalue weighted by molar-refractivity contribution is 0.569. The van der Waals surface area contributed by atoms with Gasteiger partial charge < -0.3 is 10.2 Å². The summed E-state index contributed by atoms with van der Waals surface area (Å²) < 4.78 is 5.31. The summed E-state index contributed by atoms with van der Waals surface area (Å²) in [5.41, 5.74) is 8.45. The number of hydrogen-bond acceptors (Lipinski definition) is 5. The molecule has 0 saturated heterocycles. The van der Waals surface area contributed by atoms with Crippen LogP contribution >= 0.6 is 0 Å². The molecule has 0 aromatic carbocycles. The zero-order valence-corrected chi connectivity index (χ0v) is 8.56. The first-order valence-corrected chi connectivity index (χ1v) is 4.76. The molecule has 3 heterocycles. The Kier molecular flexibility index (Phi) is 1.70. The van der Waals surface area contributed by atoms with Gasteiger partial charge in [-0.3, -0.25) is 5.10 Å². The molecule has 3 aromatic heterocycles. The second-order valence-corrected chi connectivity index (χ2v) is 3.51. The van der Waals surface area contributed by atoms with Crippen molar-refractivity contribution in [3.63, 3.8) is 0 Å². The molecule has 0 aliphatic carbocycles. The van der Waals surface area contributed by atoms with E-state index in [1.807, 2.05) is 13.0 Å². The zero-order valence-electron chi connectivity index (χ0n) is 8.56. The van der Waals surface area contributed by atoms with E-state index in [9.17, 15) is 0 Å². The van der Waals surface area contributed by atoms with Crippen LogP contribution in [0.4, 0.5) is 5.69 Å². The molecule has 0 unspecified atom stereocenters. The van der Waals surface area contributed by atoms with Crippen LogP contribution in [0.3, 0.4) is 0 Å². The van der Waals surface area contributed by atoms with Crippen molar-refractivity contribution in [2.75, 3.05) is 5.73 Å². The van der Waals surface area contributed by atoms with Gasteiger partial charge in [-0.05, 0) is 13.0 Å². The Morgan fingerprint density at radius 1 is 1.38 bits per heavy atom. The highest BCUT2D eigenvalue weighted by Gasteiger charge is 2.14. The number of aromatic amines is 1. The van der Waals surface area contributed by atoms with E-state index in [2.05, 4.69) is 20.2 Å². The van der Waals surface area contributed by atoms with E-state index in [1.54, 1.807) is 6.20 Å². The number of H-pyrrole nitrogens is 1. The number of nitrogens with one attached hydrogen (secondary N) is 1. The van der Waals surface area contributed by atoms with Crippen LogP contribution in [0.25, 0.3) is 22.5 Å². The Hall–Kier alpha value is -2.37. The van der Waals surface area contributed by atoms with Gasteiger partial charge in [0, 0.05) is 0 Å². The van der Waals surface area contributed by atoms with Crippen molar-refractivity contribution in [2.24, 2.45) is 0 Å². The van der Waals surface area contributed by atoms with Gasteiger partial charge in [0.2, 0.25) is 0 Å².